The van der Waals surface area contributed by atoms with Crippen molar-refractivity contribution in [1.29, 1.82) is 0 Å². The zero-order valence-electron chi connectivity index (χ0n) is 20.6. The molecule has 0 radical (unpaired) electrons. The summed E-state index contributed by atoms with van der Waals surface area (Å²) in [5.41, 5.74) is 2.85. The standard InChI is InChI=1S/C26H22F6N4O3/c1-15-10-16(6-7-20(15)24(37)33-2)22-13-35-23-21(34-9-8-25(27,28)29)12-19(14-36(22)23)38-17-4-3-5-18(11-17)39-26(30,31)32/h3-7,10-14,34H,8-9H2,1-2H3,(H,33,37). The molecule has 0 aliphatic carbocycles. The van der Waals surface area contributed by atoms with Gasteiger partial charge in [-0.15, -0.1) is 13.2 Å². The van der Waals surface area contributed by atoms with E-state index < -0.39 is 31.3 Å². The van der Waals surface area contributed by atoms with E-state index in [1.165, 1.54) is 37.6 Å². The number of hydrogen-bond donors (Lipinski definition) is 2. The Balaban J connectivity index is 1.74. The molecule has 206 valence electrons. The van der Waals surface area contributed by atoms with E-state index in [-0.39, 0.29) is 23.1 Å². The lowest BCUT2D eigenvalue weighted by Gasteiger charge is -2.15. The Morgan fingerprint density at radius 3 is 2.41 bits per heavy atom. The first-order valence-electron chi connectivity index (χ1n) is 11.5. The summed E-state index contributed by atoms with van der Waals surface area (Å²) in [6.07, 6.45) is -7.37. The lowest BCUT2D eigenvalue weighted by molar-refractivity contribution is -0.274. The number of carbonyl (C=O) groups is 1. The Morgan fingerprint density at radius 2 is 1.74 bits per heavy atom. The Hall–Kier alpha value is -4.42. The van der Waals surface area contributed by atoms with Crippen LogP contribution in [0.1, 0.15) is 22.3 Å². The van der Waals surface area contributed by atoms with Crippen molar-refractivity contribution in [2.75, 3.05) is 18.9 Å². The number of imidazole rings is 1. The molecule has 4 aromatic rings. The number of carbonyl (C=O) groups excluding carboxylic acids is 1. The fourth-order valence-electron chi connectivity index (χ4n) is 3.88. The lowest BCUT2D eigenvalue weighted by Crippen LogP contribution is -2.18. The Morgan fingerprint density at radius 1 is 1.00 bits per heavy atom. The molecule has 0 saturated carbocycles. The third-order valence-corrected chi connectivity index (χ3v) is 5.57. The van der Waals surface area contributed by atoms with Crippen molar-refractivity contribution in [1.82, 2.24) is 14.7 Å². The smallest absolute Gasteiger partial charge is 0.456 e. The van der Waals surface area contributed by atoms with Gasteiger partial charge in [0.25, 0.3) is 5.91 Å². The SMILES string of the molecule is CNC(=O)c1ccc(-c2cnc3c(NCCC(F)(F)F)cc(Oc4cccc(OC(F)(F)F)c4)cn23)cc1C. The van der Waals surface area contributed by atoms with Crippen LogP contribution in [0.5, 0.6) is 17.2 Å². The van der Waals surface area contributed by atoms with E-state index in [1.807, 2.05) is 0 Å². The molecule has 2 aromatic heterocycles. The minimum absolute atomic E-state index is 0.00443. The van der Waals surface area contributed by atoms with E-state index in [1.54, 1.807) is 29.5 Å². The predicted octanol–water partition coefficient (Wildman–Crippen LogP) is 6.72. The molecule has 0 aliphatic heterocycles. The third kappa shape index (κ3) is 6.92. The fourth-order valence-corrected chi connectivity index (χ4v) is 3.88. The van der Waals surface area contributed by atoms with E-state index in [0.717, 1.165) is 12.1 Å². The van der Waals surface area contributed by atoms with Crippen LogP contribution in [0.15, 0.2) is 60.9 Å². The van der Waals surface area contributed by atoms with Gasteiger partial charge in [0.1, 0.15) is 17.2 Å². The number of aryl methyl sites for hydroxylation is 1. The molecule has 4 rings (SSSR count). The number of nitrogens with one attached hydrogen (secondary N) is 2. The van der Waals surface area contributed by atoms with Crippen molar-refractivity contribution in [3.05, 3.63) is 72.1 Å². The van der Waals surface area contributed by atoms with Crippen LogP contribution in [0, 0.1) is 6.92 Å². The van der Waals surface area contributed by atoms with E-state index in [4.69, 9.17) is 4.74 Å². The number of hydrogen-bond acceptors (Lipinski definition) is 5. The number of nitrogens with zero attached hydrogens (tertiary/aromatic N) is 2. The van der Waals surface area contributed by atoms with Gasteiger partial charge in [0, 0.05) is 36.9 Å². The number of anilines is 1. The fraction of sp³-hybridized carbons (Fsp3) is 0.231. The molecule has 2 N–H and O–H groups in total. The lowest BCUT2D eigenvalue weighted by atomic mass is 10.0. The summed E-state index contributed by atoms with van der Waals surface area (Å²) in [5, 5.41) is 5.27. The number of alkyl halides is 6. The minimum Gasteiger partial charge on any atom is -0.456 e. The molecule has 0 aliphatic rings. The van der Waals surface area contributed by atoms with Crippen molar-refractivity contribution in [2.24, 2.45) is 0 Å². The summed E-state index contributed by atoms with van der Waals surface area (Å²) < 4.78 is 87.5. The highest BCUT2D eigenvalue weighted by molar-refractivity contribution is 5.96. The normalized spacial score (nSPS) is 11.9. The maximum Gasteiger partial charge on any atom is 0.573 e. The zero-order valence-corrected chi connectivity index (χ0v) is 20.6. The molecule has 2 aromatic carbocycles. The third-order valence-electron chi connectivity index (χ3n) is 5.57. The van der Waals surface area contributed by atoms with Crippen LogP contribution < -0.4 is 20.1 Å². The molecule has 0 unspecified atom stereocenters. The van der Waals surface area contributed by atoms with Crippen LogP contribution in [0.25, 0.3) is 16.9 Å². The van der Waals surface area contributed by atoms with Crippen molar-refractivity contribution in [3.8, 4) is 28.5 Å². The molecule has 13 heteroatoms. The summed E-state index contributed by atoms with van der Waals surface area (Å²) in [4.78, 5) is 16.4. The maximum absolute atomic E-state index is 12.8. The van der Waals surface area contributed by atoms with Gasteiger partial charge >= 0.3 is 12.5 Å². The number of rotatable bonds is 8. The van der Waals surface area contributed by atoms with Gasteiger partial charge in [-0.05, 0) is 36.8 Å². The quantitative estimate of drug-likeness (QED) is 0.237. The number of pyridine rings is 1. The number of aromatic nitrogens is 2. The van der Waals surface area contributed by atoms with Crippen LogP contribution in [0.3, 0.4) is 0 Å². The van der Waals surface area contributed by atoms with Crippen molar-refractivity contribution in [3.63, 3.8) is 0 Å². The monoisotopic (exact) mass is 552 g/mol. The highest BCUT2D eigenvalue weighted by Crippen LogP contribution is 2.34. The van der Waals surface area contributed by atoms with Gasteiger partial charge < -0.3 is 20.1 Å². The summed E-state index contributed by atoms with van der Waals surface area (Å²) in [7, 11) is 1.51. The second-order valence-electron chi connectivity index (χ2n) is 8.45. The second kappa shape index (κ2) is 10.8. The van der Waals surface area contributed by atoms with Crippen LogP contribution >= 0.6 is 0 Å². The number of amides is 1. The molecule has 1 amide bonds. The largest absolute Gasteiger partial charge is 0.573 e. The van der Waals surface area contributed by atoms with Crippen LogP contribution in [0.4, 0.5) is 32.0 Å². The van der Waals surface area contributed by atoms with Crippen molar-refractivity contribution < 1.29 is 40.6 Å². The number of fused-ring (bicyclic) bond motifs is 1. The van der Waals surface area contributed by atoms with Crippen molar-refractivity contribution >= 4 is 17.2 Å². The van der Waals surface area contributed by atoms with Gasteiger partial charge in [0.15, 0.2) is 5.65 Å². The summed E-state index contributed by atoms with van der Waals surface area (Å²) in [6, 6.07) is 11.3. The Kier molecular flexibility index (Phi) is 7.61. The van der Waals surface area contributed by atoms with Gasteiger partial charge in [-0.25, -0.2) is 4.98 Å². The Bertz CT molecular complexity index is 1500. The number of halogens is 6. The molecular formula is C26H22F6N4O3. The summed E-state index contributed by atoms with van der Waals surface area (Å²) in [6.45, 7) is 1.31. The van der Waals surface area contributed by atoms with Gasteiger partial charge in [-0.2, -0.15) is 13.2 Å². The first kappa shape index (κ1) is 27.6. The molecule has 0 bridgehead atoms. The average molecular weight is 552 g/mol. The van der Waals surface area contributed by atoms with Crippen LogP contribution in [0.2, 0.25) is 0 Å². The van der Waals surface area contributed by atoms with Crippen LogP contribution in [-0.4, -0.2) is 41.4 Å². The molecule has 0 fully saturated rings. The van der Waals surface area contributed by atoms with Gasteiger partial charge in [0.05, 0.1) is 30.2 Å². The highest BCUT2D eigenvalue weighted by Gasteiger charge is 2.31. The van der Waals surface area contributed by atoms with Gasteiger partial charge in [0.2, 0.25) is 0 Å². The van der Waals surface area contributed by atoms with Crippen LogP contribution in [-0.2, 0) is 0 Å². The van der Waals surface area contributed by atoms with Gasteiger partial charge in [-0.1, -0.05) is 12.1 Å². The molecule has 0 atom stereocenters. The number of benzene rings is 2. The van der Waals surface area contributed by atoms with E-state index >= 15 is 0 Å². The molecular weight excluding hydrogens is 530 g/mol. The highest BCUT2D eigenvalue weighted by atomic mass is 19.4. The summed E-state index contributed by atoms with van der Waals surface area (Å²) in [5.74, 6) is -0.649. The molecule has 0 saturated heterocycles. The minimum atomic E-state index is -4.90. The first-order chi connectivity index (χ1) is 18.3. The molecule has 2 heterocycles. The van der Waals surface area contributed by atoms with Crippen molar-refractivity contribution in [2.45, 2.75) is 25.9 Å². The van der Waals surface area contributed by atoms with E-state index in [0.29, 0.717) is 28.0 Å². The predicted molar refractivity (Wildman–Crippen MR) is 131 cm³/mol. The summed E-state index contributed by atoms with van der Waals surface area (Å²) >= 11 is 0. The maximum atomic E-state index is 12.8. The topological polar surface area (TPSA) is 76.9 Å². The van der Waals surface area contributed by atoms with Gasteiger partial charge in [-0.3, -0.25) is 9.20 Å². The molecule has 39 heavy (non-hydrogen) atoms. The molecule has 7 nitrogen and oxygen atoms in total. The zero-order chi connectivity index (χ0) is 28.4. The average Bonchev–Trinajstić information content (AvgIpc) is 3.26. The first-order valence-corrected chi connectivity index (χ1v) is 11.5. The van der Waals surface area contributed by atoms with E-state index in [9.17, 15) is 31.1 Å². The second-order valence-corrected chi connectivity index (χ2v) is 8.45. The van der Waals surface area contributed by atoms with E-state index in [2.05, 4.69) is 20.4 Å². The molecule has 0 spiro atoms. The number of ether oxygens (including phenoxy) is 2. The Labute approximate surface area is 218 Å².